The summed E-state index contributed by atoms with van der Waals surface area (Å²) in [6.07, 6.45) is -3.38. The van der Waals surface area contributed by atoms with Crippen molar-refractivity contribution in [1.82, 2.24) is 10.2 Å². The van der Waals surface area contributed by atoms with E-state index in [1.807, 2.05) is 26.0 Å². The molecular formula is C27H25F2N3O4. The van der Waals surface area contributed by atoms with Crippen molar-refractivity contribution in [3.63, 3.8) is 0 Å². The molecule has 4 rings (SSSR count). The average molecular weight is 494 g/mol. The SMILES string of the molecule is Cc1ccc(N2C(=O)C(O)=C(C(=O)c3ccc(C(C)C)cc3)C2c2ccc(OC(C)(F)F)cc2)nn1. The Morgan fingerprint density at radius 2 is 1.67 bits per heavy atom. The van der Waals surface area contributed by atoms with E-state index in [1.54, 1.807) is 31.2 Å². The van der Waals surface area contributed by atoms with Gasteiger partial charge in [0.05, 0.1) is 17.3 Å². The van der Waals surface area contributed by atoms with Gasteiger partial charge in [0, 0.05) is 12.5 Å². The van der Waals surface area contributed by atoms with Crippen molar-refractivity contribution < 1.29 is 28.2 Å². The number of anilines is 1. The van der Waals surface area contributed by atoms with Crippen LogP contribution in [0.15, 0.2) is 72.0 Å². The molecule has 1 aliphatic heterocycles. The number of aryl methyl sites for hydroxylation is 1. The van der Waals surface area contributed by atoms with Crippen LogP contribution in [-0.4, -0.2) is 33.1 Å². The van der Waals surface area contributed by atoms with E-state index in [0.717, 1.165) is 5.56 Å². The van der Waals surface area contributed by atoms with Crippen molar-refractivity contribution in [2.45, 2.75) is 45.8 Å². The van der Waals surface area contributed by atoms with Gasteiger partial charge in [0.15, 0.2) is 17.4 Å². The molecule has 0 fully saturated rings. The quantitative estimate of drug-likeness (QED) is 0.426. The molecule has 3 aromatic rings. The Bertz CT molecular complexity index is 1310. The van der Waals surface area contributed by atoms with Crippen molar-refractivity contribution in [3.05, 3.63) is 94.4 Å². The lowest BCUT2D eigenvalue weighted by atomic mass is 9.91. The maximum absolute atomic E-state index is 13.6. The predicted octanol–water partition coefficient (Wildman–Crippen LogP) is 5.68. The number of halogens is 2. The van der Waals surface area contributed by atoms with Gasteiger partial charge in [-0.05, 0) is 48.2 Å². The van der Waals surface area contributed by atoms with Gasteiger partial charge in [0.25, 0.3) is 5.91 Å². The van der Waals surface area contributed by atoms with E-state index in [9.17, 15) is 23.5 Å². The molecule has 7 nitrogen and oxygen atoms in total. The number of ether oxygens (including phenoxy) is 1. The number of rotatable bonds is 7. The molecule has 9 heteroatoms. The summed E-state index contributed by atoms with van der Waals surface area (Å²) in [4.78, 5) is 28.0. The number of aliphatic hydroxyl groups excluding tert-OH is 1. The highest BCUT2D eigenvalue weighted by Gasteiger charge is 2.45. The van der Waals surface area contributed by atoms with Gasteiger partial charge in [0.2, 0.25) is 0 Å². The van der Waals surface area contributed by atoms with E-state index >= 15 is 0 Å². The van der Waals surface area contributed by atoms with E-state index in [1.165, 1.54) is 29.2 Å². The van der Waals surface area contributed by atoms with Crippen molar-refractivity contribution in [2.75, 3.05) is 4.90 Å². The van der Waals surface area contributed by atoms with Gasteiger partial charge >= 0.3 is 6.11 Å². The summed E-state index contributed by atoms with van der Waals surface area (Å²) < 4.78 is 31.2. The molecule has 0 radical (unpaired) electrons. The number of benzene rings is 2. The number of amides is 1. The van der Waals surface area contributed by atoms with Gasteiger partial charge in [-0.25, -0.2) is 0 Å². The van der Waals surface area contributed by atoms with Crippen molar-refractivity contribution in [3.8, 4) is 5.75 Å². The lowest BCUT2D eigenvalue weighted by molar-refractivity contribution is -0.158. The van der Waals surface area contributed by atoms with Crippen LogP contribution in [0.25, 0.3) is 0 Å². The van der Waals surface area contributed by atoms with Gasteiger partial charge in [-0.2, -0.15) is 13.9 Å². The third-order valence-corrected chi connectivity index (χ3v) is 5.82. The van der Waals surface area contributed by atoms with Crippen LogP contribution >= 0.6 is 0 Å². The molecule has 0 saturated carbocycles. The highest BCUT2D eigenvalue weighted by atomic mass is 19.3. The van der Waals surface area contributed by atoms with Gasteiger partial charge in [-0.1, -0.05) is 50.2 Å². The van der Waals surface area contributed by atoms with E-state index < -0.39 is 29.6 Å². The topological polar surface area (TPSA) is 92.6 Å². The molecule has 0 saturated heterocycles. The summed E-state index contributed by atoms with van der Waals surface area (Å²) in [5, 5.41) is 18.9. The van der Waals surface area contributed by atoms with E-state index in [2.05, 4.69) is 14.9 Å². The van der Waals surface area contributed by atoms with E-state index in [4.69, 9.17) is 0 Å². The molecule has 186 valence electrons. The van der Waals surface area contributed by atoms with E-state index in [-0.39, 0.29) is 23.1 Å². The summed E-state index contributed by atoms with van der Waals surface area (Å²) in [6.45, 7) is 6.41. The summed E-state index contributed by atoms with van der Waals surface area (Å²) in [5.41, 5.74) is 2.19. The number of hydrogen-bond acceptors (Lipinski definition) is 6. The van der Waals surface area contributed by atoms with Crippen LogP contribution in [0.2, 0.25) is 0 Å². The molecule has 1 N–H and O–H groups in total. The average Bonchev–Trinajstić information content (AvgIpc) is 3.09. The highest BCUT2D eigenvalue weighted by Crippen LogP contribution is 2.41. The maximum Gasteiger partial charge on any atom is 0.394 e. The molecule has 2 heterocycles. The monoisotopic (exact) mass is 493 g/mol. The lowest BCUT2D eigenvalue weighted by Crippen LogP contribution is -2.32. The molecule has 1 aliphatic rings. The van der Waals surface area contributed by atoms with Gasteiger partial charge < -0.3 is 9.84 Å². The Kier molecular flexibility index (Phi) is 6.58. The van der Waals surface area contributed by atoms with Crippen LogP contribution in [0.1, 0.15) is 59.9 Å². The number of aromatic nitrogens is 2. The molecule has 0 aliphatic carbocycles. The standard InChI is InChI=1S/C27H25F2N3O4/c1-15(2)17-6-8-19(9-7-17)24(33)22-23(18-10-12-20(13-11-18)36-27(4,28)29)32(26(35)25(22)34)21-14-5-16(3)30-31-21/h5-15,23,34H,1-4H3. The number of nitrogens with zero attached hydrogens (tertiary/aromatic N) is 3. The maximum atomic E-state index is 13.6. The second kappa shape index (κ2) is 9.49. The highest BCUT2D eigenvalue weighted by molar-refractivity contribution is 6.20. The first-order valence-electron chi connectivity index (χ1n) is 11.3. The largest absolute Gasteiger partial charge is 0.503 e. The van der Waals surface area contributed by atoms with Crippen LogP contribution in [0, 0.1) is 6.92 Å². The zero-order chi connectivity index (χ0) is 26.2. The minimum absolute atomic E-state index is 0.0948. The van der Waals surface area contributed by atoms with Crippen molar-refractivity contribution >= 4 is 17.5 Å². The zero-order valence-corrected chi connectivity index (χ0v) is 20.2. The number of carbonyl (C=O) groups excluding carboxylic acids is 2. The first-order chi connectivity index (χ1) is 17.0. The first kappa shape index (κ1) is 25.0. The number of hydrogen-bond donors (Lipinski definition) is 1. The number of carbonyl (C=O) groups is 2. The number of alkyl halides is 2. The predicted molar refractivity (Wildman–Crippen MR) is 129 cm³/mol. The molecule has 0 spiro atoms. The third-order valence-electron chi connectivity index (χ3n) is 5.82. The van der Waals surface area contributed by atoms with E-state index in [0.29, 0.717) is 23.7 Å². The Morgan fingerprint density at radius 3 is 2.19 bits per heavy atom. The van der Waals surface area contributed by atoms with Crippen LogP contribution in [0.5, 0.6) is 5.75 Å². The summed E-state index contributed by atoms with van der Waals surface area (Å²) in [7, 11) is 0. The number of ketones is 1. The van der Waals surface area contributed by atoms with Crippen molar-refractivity contribution in [2.24, 2.45) is 0 Å². The Morgan fingerprint density at radius 1 is 1.03 bits per heavy atom. The molecule has 1 atom stereocenters. The summed E-state index contributed by atoms with van der Waals surface area (Å²) in [6, 6.07) is 14.6. The number of aliphatic hydroxyl groups is 1. The van der Waals surface area contributed by atoms with Gasteiger partial charge in [-0.3, -0.25) is 14.5 Å². The third kappa shape index (κ3) is 4.95. The Hall–Kier alpha value is -4.14. The number of Topliss-reactive ketones (excluding diaryl/α,β-unsaturated/α-hetero) is 1. The molecule has 0 bridgehead atoms. The second-order valence-corrected chi connectivity index (χ2v) is 8.96. The van der Waals surface area contributed by atoms with Crippen LogP contribution in [0.4, 0.5) is 14.6 Å². The second-order valence-electron chi connectivity index (χ2n) is 8.96. The summed E-state index contributed by atoms with van der Waals surface area (Å²) in [5.74, 6) is -1.77. The fourth-order valence-electron chi connectivity index (χ4n) is 4.01. The molecule has 36 heavy (non-hydrogen) atoms. The van der Waals surface area contributed by atoms with Crippen LogP contribution in [-0.2, 0) is 4.79 Å². The Labute approximate surface area is 207 Å². The fraction of sp³-hybridized carbons (Fsp3) is 0.259. The van der Waals surface area contributed by atoms with Crippen LogP contribution < -0.4 is 9.64 Å². The van der Waals surface area contributed by atoms with Crippen LogP contribution in [0.3, 0.4) is 0 Å². The smallest absolute Gasteiger partial charge is 0.394 e. The molecule has 1 unspecified atom stereocenters. The minimum Gasteiger partial charge on any atom is -0.503 e. The first-order valence-corrected chi connectivity index (χ1v) is 11.3. The summed E-state index contributed by atoms with van der Waals surface area (Å²) >= 11 is 0. The minimum atomic E-state index is -3.38. The van der Waals surface area contributed by atoms with Crippen molar-refractivity contribution in [1.29, 1.82) is 0 Å². The normalized spacial score (nSPS) is 16.1. The van der Waals surface area contributed by atoms with Gasteiger partial charge in [0.1, 0.15) is 5.75 Å². The lowest BCUT2D eigenvalue weighted by Gasteiger charge is -2.26. The molecule has 2 aromatic carbocycles. The zero-order valence-electron chi connectivity index (χ0n) is 20.2. The fourth-order valence-corrected chi connectivity index (χ4v) is 4.01. The van der Waals surface area contributed by atoms with Gasteiger partial charge in [-0.15, -0.1) is 5.10 Å². The molecule has 1 aromatic heterocycles. The molecular weight excluding hydrogens is 468 g/mol. The molecule has 1 amide bonds. The Balaban J connectivity index is 1.79.